The van der Waals surface area contributed by atoms with Crippen LogP contribution in [0.3, 0.4) is 0 Å². The van der Waals surface area contributed by atoms with E-state index in [0.717, 1.165) is 30.4 Å². The van der Waals surface area contributed by atoms with Gasteiger partial charge in [0.05, 0.1) is 17.8 Å². The Morgan fingerprint density at radius 3 is 2.51 bits per heavy atom. The van der Waals surface area contributed by atoms with Gasteiger partial charge in [0.15, 0.2) is 0 Å². The lowest BCUT2D eigenvalue weighted by molar-refractivity contribution is 0.0636. The number of aliphatic hydroxyl groups excluding tert-OH is 1. The van der Waals surface area contributed by atoms with E-state index in [0.29, 0.717) is 30.6 Å². The molecular weight excluding hydrogens is 499 g/mol. The first-order valence-corrected chi connectivity index (χ1v) is 13.3. The summed E-state index contributed by atoms with van der Waals surface area (Å²) in [5.74, 6) is 1.19. The molecule has 0 fully saturated rings. The molecule has 3 N–H and O–H groups in total. The quantitative estimate of drug-likeness (QED) is 0.355. The number of rotatable bonds is 8. The molecule has 9 nitrogen and oxygen atoms in total. The van der Waals surface area contributed by atoms with Gasteiger partial charge < -0.3 is 15.2 Å². The van der Waals surface area contributed by atoms with Gasteiger partial charge in [0.1, 0.15) is 23.1 Å². The summed E-state index contributed by atoms with van der Waals surface area (Å²) >= 11 is 0. The number of nitrogens with one attached hydrogen (secondary N) is 2. The highest BCUT2D eigenvalue weighted by molar-refractivity contribution is 5.85. The van der Waals surface area contributed by atoms with Gasteiger partial charge in [-0.1, -0.05) is 0 Å². The molecule has 3 heterocycles. The Labute approximate surface area is 229 Å². The average Bonchev–Trinajstić information content (AvgIpc) is 3.41. The molecule has 0 saturated heterocycles. The number of pyridine rings is 1. The summed E-state index contributed by atoms with van der Waals surface area (Å²) < 4.78 is 21.8. The molecule has 0 aliphatic carbocycles. The second kappa shape index (κ2) is 11.3. The van der Waals surface area contributed by atoms with E-state index in [9.17, 15) is 14.3 Å². The highest BCUT2D eigenvalue weighted by Gasteiger charge is 2.23. The van der Waals surface area contributed by atoms with Gasteiger partial charge >= 0.3 is 6.09 Å². The van der Waals surface area contributed by atoms with E-state index < -0.39 is 11.7 Å². The maximum atomic E-state index is 14.6. The van der Waals surface area contributed by atoms with E-state index in [1.165, 1.54) is 23.3 Å². The number of β-amino-alcohol motifs (C(OH)–C–C–N with tert-alkyl or cyclic N) is 1. The molecule has 3 aromatic rings. The lowest BCUT2D eigenvalue weighted by Gasteiger charge is -2.22. The fraction of sp³-hybridized carbons (Fsp3) is 0.483. The van der Waals surface area contributed by atoms with Gasteiger partial charge in [-0.3, -0.25) is 10.2 Å². The highest BCUT2D eigenvalue weighted by Crippen LogP contribution is 2.28. The first-order valence-electron chi connectivity index (χ1n) is 13.3. The van der Waals surface area contributed by atoms with E-state index in [-0.39, 0.29) is 18.0 Å². The maximum Gasteiger partial charge on any atom is 0.412 e. The number of amides is 1. The van der Waals surface area contributed by atoms with E-state index in [1.54, 1.807) is 26.8 Å². The van der Waals surface area contributed by atoms with Gasteiger partial charge in [-0.25, -0.2) is 18.9 Å². The molecule has 4 rings (SSSR count). The van der Waals surface area contributed by atoms with Crippen LogP contribution in [0.1, 0.15) is 63.9 Å². The molecule has 1 aliphatic heterocycles. The molecule has 0 saturated carbocycles. The number of carbonyl (C=O) groups excluding carboxylic acids is 1. The Kier molecular flexibility index (Phi) is 8.27. The summed E-state index contributed by atoms with van der Waals surface area (Å²) in [7, 11) is 0. The third kappa shape index (κ3) is 7.54. The molecule has 10 heteroatoms. The fourth-order valence-corrected chi connectivity index (χ4v) is 4.53. The normalized spacial score (nSPS) is 13.8. The van der Waals surface area contributed by atoms with Gasteiger partial charge in [-0.05, 0) is 95.3 Å². The number of ether oxygens (including phenoxy) is 1. The fourth-order valence-electron chi connectivity index (χ4n) is 4.53. The summed E-state index contributed by atoms with van der Waals surface area (Å²) in [6.07, 6.45) is 2.22. The van der Waals surface area contributed by atoms with Gasteiger partial charge in [0.2, 0.25) is 0 Å². The number of hydrogen-bond acceptors (Lipinski definition) is 7. The minimum absolute atomic E-state index is 0.133. The number of aliphatic hydroxyl groups is 1. The number of hydrogen-bond donors (Lipinski definition) is 3. The van der Waals surface area contributed by atoms with Crippen molar-refractivity contribution < 1.29 is 19.0 Å². The van der Waals surface area contributed by atoms with E-state index in [4.69, 9.17) is 9.84 Å². The van der Waals surface area contributed by atoms with Gasteiger partial charge in [-0.2, -0.15) is 5.10 Å². The van der Waals surface area contributed by atoms with Crippen molar-refractivity contribution in [3.05, 3.63) is 64.7 Å². The number of halogens is 1. The van der Waals surface area contributed by atoms with Crippen molar-refractivity contribution in [2.75, 3.05) is 23.8 Å². The average molecular weight is 539 g/mol. The third-order valence-electron chi connectivity index (χ3n) is 6.28. The van der Waals surface area contributed by atoms with Crippen LogP contribution in [0.25, 0.3) is 0 Å². The van der Waals surface area contributed by atoms with Crippen LogP contribution in [-0.2, 0) is 36.2 Å². The molecule has 1 aromatic carbocycles. The van der Waals surface area contributed by atoms with Crippen LogP contribution in [0.2, 0.25) is 0 Å². The number of aryl methyl sites for hydroxylation is 2. The Morgan fingerprint density at radius 1 is 1.08 bits per heavy atom. The zero-order chi connectivity index (χ0) is 28.4. The largest absolute Gasteiger partial charge is 0.444 e. The van der Waals surface area contributed by atoms with Crippen LogP contribution in [0, 0.1) is 5.82 Å². The minimum Gasteiger partial charge on any atom is -0.444 e. The topological polar surface area (TPSA) is 105 Å². The Morgan fingerprint density at radius 2 is 1.82 bits per heavy atom. The van der Waals surface area contributed by atoms with Crippen LogP contribution < -0.4 is 10.6 Å². The van der Waals surface area contributed by atoms with Crippen LogP contribution in [0.15, 0.2) is 36.5 Å². The third-order valence-corrected chi connectivity index (χ3v) is 6.28. The molecule has 1 aliphatic rings. The number of carbonyl (C=O) groups is 1. The van der Waals surface area contributed by atoms with Crippen molar-refractivity contribution in [2.24, 2.45) is 0 Å². The maximum absolute atomic E-state index is 14.6. The summed E-state index contributed by atoms with van der Waals surface area (Å²) in [6.45, 7) is 13.9. The standard InChI is InChI=1S/C29H39FN6O3/c1-28(2,3)36-26(33-25-14-20-17-35(11-12-37)18-21(20)16-31-25)15-23(34-36)8-7-19-13-22(9-10-24(19)30)32-27(38)39-29(4,5)6/h9-10,13-16,37H,7-8,11-12,17-18H2,1-6H3,(H,31,33)(H,32,38). The highest BCUT2D eigenvalue weighted by atomic mass is 19.1. The van der Waals surface area contributed by atoms with Gasteiger partial charge in [-0.15, -0.1) is 0 Å². The smallest absolute Gasteiger partial charge is 0.412 e. The second-order valence-electron chi connectivity index (χ2n) is 11.9. The molecule has 39 heavy (non-hydrogen) atoms. The predicted molar refractivity (Wildman–Crippen MR) is 150 cm³/mol. The van der Waals surface area contributed by atoms with E-state index in [1.807, 2.05) is 23.0 Å². The molecule has 2 aromatic heterocycles. The number of fused-ring (bicyclic) bond motifs is 1. The SMILES string of the molecule is CC(C)(C)OC(=O)Nc1ccc(F)c(CCc2cc(Nc3cc4c(cn3)CN(CCO)C4)n(C(C)(C)C)n2)c1. The minimum atomic E-state index is -0.625. The van der Waals surface area contributed by atoms with Gasteiger partial charge in [0.25, 0.3) is 0 Å². The predicted octanol–water partition coefficient (Wildman–Crippen LogP) is 5.36. The van der Waals surface area contributed by atoms with Crippen molar-refractivity contribution in [2.45, 2.75) is 78.6 Å². The monoisotopic (exact) mass is 538 g/mol. The zero-order valence-electron chi connectivity index (χ0n) is 23.6. The van der Waals surface area contributed by atoms with Crippen molar-refractivity contribution in [3.8, 4) is 0 Å². The molecular formula is C29H39FN6O3. The zero-order valence-corrected chi connectivity index (χ0v) is 23.6. The molecule has 0 radical (unpaired) electrons. The van der Waals surface area contributed by atoms with Crippen molar-refractivity contribution >= 4 is 23.4 Å². The number of nitrogens with zero attached hydrogens (tertiary/aromatic N) is 4. The Bertz CT molecular complexity index is 1330. The van der Waals surface area contributed by atoms with Crippen LogP contribution in [-0.4, -0.2) is 49.6 Å². The molecule has 210 valence electrons. The lowest BCUT2D eigenvalue weighted by Crippen LogP contribution is -2.27. The van der Waals surface area contributed by atoms with Crippen LogP contribution >= 0.6 is 0 Å². The second-order valence-corrected chi connectivity index (χ2v) is 11.9. The number of benzene rings is 1. The van der Waals surface area contributed by atoms with Gasteiger partial charge in [0, 0.05) is 37.6 Å². The molecule has 0 atom stereocenters. The Balaban J connectivity index is 1.48. The molecule has 0 spiro atoms. The van der Waals surface area contributed by atoms with Crippen molar-refractivity contribution in [1.82, 2.24) is 19.7 Å². The summed E-state index contributed by atoms with van der Waals surface area (Å²) in [5.41, 5.74) is 3.22. The van der Waals surface area contributed by atoms with E-state index in [2.05, 4.69) is 41.3 Å². The first-order chi connectivity index (χ1) is 18.3. The van der Waals surface area contributed by atoms with Crippen molar-refractivity contribution in [3.63, 3.8) is 0 Å². The van der Waals surface area contributed by atoms with Crippen molar-refractivity contribution in [1.29, 1.82) is 0 Å². The molecule has 0 unspecified atom stereocenters. The number of aromatic nitrogens is 3. The molecule has 0 bridgehead atoms. The van der Waals surface area contributed by atoms with Crippen LogP contribution in [0.5, 0.6) is 0 Å². The Hall–Kier alpha value is -3.50. The lowest BCUT2D eigenvalue weighted by atomic mass is 10.1. The summed E-state index contributed by atoms with van der Waals surface area (Å²) in [5, 5.41) is 20.2. The van der Waals surface area contributed by atoms with E-state index >= 15 is 0 Å². The first kappa shape index (κ1) is 28.5. The summed E-state index contributed by atoms with van der Waals surface area (Å²) in [4.78, 5) is 18.9. The van der Waals surface area contributed by atoms with Crippen LogP contribution in [0.4, 0.5) is 26.5 Å². The number of anilines is 3. The summed E-state index contributed by atoms with van der Waals surface area (Å²) in [6, 6.07) is 8.52. The molecule has 1 amide bonds.